The number of carboxylic acids is 1. The molecular formula is C12H22N2O3. The van der Waals surface area contributed by atoms with E-state index in [1.807, 2.05) is 13.8 Å². The van der Waals surface area contributed by atoms with Crippen molar-refractivity contribution < 1.29 is 14.7 Å². The van der Waals surface area contributed by atoms with Crippen molar-refractivity contribution in [1.29, 1.82) is 0 Å². The number of rotatable bonds is 7. The molecule has 1 rings (SSSR count). The lowest BCUT2D eigenvalue weighted by Crippen LogP contribution is -2.49. The van der Waals surface area contributed by atoms with Crippen LogP contribution in [0.15, 0.2) is 0 Å². The predicted octanol–water partition coefficient (Wildman–Crippen LogP) is 0.746. The maximum Gasteiger partial charge on any atom is 0.311 e. The number of hydrogen-bond acceptors (Lipinski definition) is 3. The second kappa shape index (κ2) is 6.00. The zero-order valence-corrected chi connectivity index (χ0v) is 10.6. The fourth-order valence-electron chi connectivity index (χ4n) is 1.81. The summed E-state index contributed by atoms with van der Waals surface area (Å²) in [6.45, 7) is 4.56. The Balaban J connectivity index is 2.25. The highest BCUT2D eigenvalue weighted by atomic mass is 16.4. The van der Waals surface area contributed by atoms with Crippen molar-refractivity contribution in [2.24, 2.45) is 5.41 Å². The Kier molecular flexibility index (Phi) is 4.93. The van der Waals surface area contributed by atoms with E-state index in [1.165, 1.54) is 0 Å². The highest BCUT2D eigenvalue weighted by Crippen LogP contribution is 2.40. The SMILES string of the molecule is CCC(C)NCC(=O)NCC1(C(=O)O)CCC1. The quantitative estimate of drug-likeness (QED) is 0.615. The van der Waals surface area contributed by atoms with Crippen molar-refractivity contribution in [3.05, 3.63) is 0 Å². The summed E-state index contributed by atoms with van der Waals surface area (Å²) in [5.41, 5.74) is -0.702. The summed E-state index contributed by atoms with van der Waals surface area (Å²) in [6, 6.07) is 0.304. The normalized spacial score (nSPS) is 19.2. The number of carbonyl (C=O) groups is 2. The highest BCUT2D eigenvalue weighted by Gasteiger charge is 2.44. The van der Waals surface area contributed by atoms with Crippen molar-refractivity contribution in [2.75, 3.05) is 13.1 Å². The van der Waals surface area contributed by atoms with Crippen LogP contribution in [0.4, 0.5) is 0 Å². The molecular weight excluding hydrogens is 220 g/mol. The molecule has 1 saturated carbocycles. The molecule has 3 N–H and O–H groups in total. The van der Waals surface area contributed by atoms with Crippen molar-refractivity contribution >= 4 is 11.9 Å². The Hall–Kier alpha value is -1.10. The van der Waals surface area contributed by atoms with E-state index in [2.05, 4.69) is 10.6 Å². The molecule has 0 aliphatic heterocycles. The highest BCUT2D eigenvalue weighted by molar-refractivity contribution is 5.80. The fourth-order valence-corrected chi connectivity index (χ4v) is 1.81. The van der Waals surface area contributed by atoms with E-state index in [0.717, 1.165) is 12.8 Å². The number of carbonyl (C=O) groups excluding carboxylic acids is 1. The first-order chi connectivity index (χ1) is 8.00. The molecule has 0 bridgehead atoms. The van der Waals surface area contributed by atoms with Crippen molar-refractivity contribution in [3.8, 4) is 0 Å². The second-order valence-corrected chi connectivity index (χ2v) is 4.91. The third kappa shape index (κ3) is 3.70. The molecule has 0 heterocycles. The summed E-state index contributed by atoms with van der Waals surface area (Å²) in [4.78, 5) is 22.6. The van der Waals surface area contributed by atoms with Gasteiger partial charge >= 0.3 is 5.97 Å². The number of amides is 1. The molecule has 1 unspecified atom stereocenters. The van der Waals surface area contributed by atoms with Crippen LogP contribution in [0.1, 0.15) is 39.5 Å². The van der Waals surface area contributed by atoms with Crippen molar-refractivity contribution in [1.82, 2.24) is 10.6 Å². The van der Waals surface area contributed by atoms with Gasteiger partial charge in [-0.1, -0.05) is 13.3 Å². The van der Waals surface area contributed by atoms with Crippen LogP contribution in [0.3, 0.4) is 0 Å². The van der Waals surface area contributed by atoms with Gasteiger partial charge in [-0.25, -0.2) is 0 Å². The van der Waals surface area contributed by atoms with Crippen molar-refractivity contribution in [2.45, 2.75) is 45.6 Å². The minimum Gasteiger partial charge on any atom is -0.481 e. The maximum absolute atomic E-state index is 11.5. The van der Waals surface area contributed by atoms with Gasteiger partial charge < -0.3 is 15.7 Å². The van der Waals surface area contributed by atoms with E-state index in [-0.39, 0.29) is 19.0 Å². The largest absolute Gasteiger partial charge is 0.481 e. The molecule has 5 nitrogen and oxygen atoms in total. The molecule has 1 atom stereocenters. The fraction of sp³-hybridized carbons (Fsp3) is 0.833. The number of carboxylic acid groups (broad SMARTS) is 1. The van der Waals surface area contributed by atoms with Gasteiger partial charge in [0, 0.05) is 12.6 Å². The number of hydrogen-bond donors (Lipinski definition) is 3. The van der Waals surface area contributed by atoms with Crippen LogP contribution in [0.5, 0.6) is 0 Å². The van der Waals surface area contributed by atoms with Gasteiger partial charge in [-0.15, -0.1) is 0 Å². The van der Waals surface area contributed by atoms with Gasteiger partial charge in [0.05, 0.1) is 12.0 Å². The minimum absolute atomic E-state index is 0.127. The lowest BCUT2D eigenvalue weighted by Gasteiger charge is -2.37. The van der Waals surface area contributed by atoms with Gasteiger partial charge in [-0.05, 0) is 26.2 Å². The Labute approximate surface area is 102 Å². The molecule has 5 heteroatoms. The van der Waals surface area contributed by atoms with Crippen LogP contribution in [-0.2, 0) is 9.59 Å². The molecule has 0 aromatic heterocycles. The van der Waals surface area contributed by atoms with Crippen LogP contribution in [0.25, 0.3) is 0 Å². The summed E-state index contributed by atoms with van der Waals surface area (Å²) >= 11 is 0. The summed E-state index contributed by atoms with van der Waals surface area (Å²) in [5.74, 6) is -0.920. The summed E-state index contributed by atoms with van der Waals surface area (Å²) in [5, 5.41) is 14.9. The van der Waals surface area contributed by atoms with Gasteiger partial charge in [-0.2, -0.15) is 0 Å². The molecule has 0 radical (unpaired) electrons. The lowest BCUT2D eigenvalue weighted by atomic mass is 9.69. The Bertz CT molecular complexity index is 287. The van der Waals surface area contributed by atoms with Gasteiger partial charge in [0.15, 0.2) is 0 Å². The molecule has 0 saturated heterocycles. The van der Waals surface area contributed by atoms with Crippen LogP contribution < -0.4 is 10.6 Å². The third-order valence-corrected chi connectivity index (χ3v) is 3.61. The van der Waals surface area contributed by atoms with Crippen molar-refractivity contribution in [3.63, 3.8) is 0 Å². The zero-order chi connectivity index (χ0) is 12.9. The van der Waals surface area contributed by atoms with E-state index in [1.54, 1.807) is 0 Å². The Morgan fingerprint density at radius 1 is 1.41 bits per heavy atom. The Morgan fingerprint density at radius 3 is 2.47 bits per heavy atom. The minimum atomic E-state index is -0.793. The topological polar surface area (TPSA) is 78.4 Å². The molecule has 17 heavy (non-hydrogen) atoms. The van der Waals surface area contributed by atoms with E-state index < -0.39 is 11.4 Å². The lowest BCUT2D eigenvalue weighted by molar-refractivity contribution is -0.154. The first-order valence-corrected chi connectivity index (χ1v) is 6.23. The average Bonchev–Trinajstić information content (AvgIpc) is 2.23. The average molecular weight is 242 g/mol. The smallest absolute Gasteiger partial charge is 0.311 e. The molecule has 1 fully saturated rings. The molecule has 0 aromatic rings. The summed E-state index contributed by atoms with van der Waals surface area (Å²) in [6.07, 6.45) is 3.24. The van der Waals surface area contributed by atoms with E-state index >= 15 is 0 Å². The van der Waals surface area contributed by atoms with E-state index in [4.69, 9.17) is 5.11 Å². The molecule has 0 spiro atoms. The van der Waals surface area contributed by atoms with E-state index in [0.29, 0.717) is 18.9 Å². The molecule has 1 amide bonds. The molecule has 1 aliphatic rings. The molecule has 1 aliphatic carbocycles. The van der Waals surface area contributed by atoms with Gasteiger partial charge in [0.1, 0.15) is 0 Å². The van der Waals surface area contributed by atoms with E-state index in [9.17, 15) is 9.59 Å². The predicted molar refractivity (Wildman–Crippen MR) is 64.7 cm³/mol. The standard InChI is InChI=1S/C12H22N2O3/c1-3-9(2)13-7-10(15)14-8-12(11(16)17)5-4-6-12/h9,13H,3-8H2,1-2H3,(H,14,15)(H,16,17). The number of aliphatic carboxylic acids is 1. The van der Waals surface area contributed by atoms with Crippen LogP contribution in [0, 0.1) is 5.41 Å². The van der Waals surface area contributed by atoms with Crippen LogP contribution >= 0.6 is 0 Å². The van der Waals surface area contributed by atoms with Gasteiger partial charge in [0.2, 0.25) is 5.91 Å². The zero-order valence-electron chi connectivity index (χ0n) is 10.6. The van der Waals surface area contributed by atoms with Crippen LogP contribution in [0.2, 0.25) is 0 Å². The molecule has 0 aromatic carbocycles. The first-order valence-electron chi connectivity index (χ1n) is 6.23. The third-order valence-electron chi connectivity index (χ3n) is 3.61. The monoisotopic (exact) mass is 242 g/mol. The molecule has 98 valence electrons. The van der Waals surface area contributed by atoms with Gasteiger partial charge in [-0.3, -0.25) is 9.59 Å². The van der Waals surface area contributed by atoms with Crippen LogP contribution in [-0.4, -0.2) is 36.1 Å². The summed E-state index contributed by atoms with van der Waals surface area (Å²) < 4.78 is 0. The summed E-state index contributed by atoms with van der Waals surface area (Å²) in [7, 11) is 0. The Morgan fingerprint density at radius 2 is 2.06 bits per heavy atom. The first kappa shape index (κ1) is 14.0. The maximum atomic E-state index is 11.5. The number of nitrogens with one attached hydrogen (secondary N) is 2. The van der Waals surface area contributed by atoms with Gasteiger partial charge in [0.25, 0.3) is 0 Å². The second-order valence-electron chi connectivity index (χ2n) is 4.91.